The average molecular weight is 546 g/mol. The summed E-state index contributed by atoms with van der Waals surface area (Å²) < 4.78 is 59.1. The van der Waals surface area contributed by atoms with Crippen molar-refractivity contribution in [3.05, 3.63) is 77.4 Å². The SMILES string of the molecule is COCCn1c(CN(C[C@H]2CCCO2)C(=O)c2ccccc2F)cnc1S(=O)(=O)Cc1cccc(OC)c1. The number of rotatable bonds is 12. The third-order valence-corrected chi connectivity index (χ3v) is 7.98. The van der Waals surface area contributed by atoms with Crippen LogP contribution in [0.2, 0.25) is 0 Å². The maximum absolute atomic E-state index is 14.5. The molecule has 0 radical (unpaired) electrons. The number of hydrogen-bond acceptors (Lipinski definition) is 7. The van der Waals surface area contributed by atoms with Crippen molar-refractivity contribution in [1.82, 2.24) is 14.5 Å². The molecule has 1 fully saturated rings. The summed E-state index contributed by atoms with van der Waals surface area (Å²) in [6.07, 6.45) is 2.93. The first kappa shape index (κ1) is 27.7. The van der Waals surface area contributed by atoms with Crippen molar-refractivity contribution in [1.29, 1.82) is 0 Å². The summed E-state index contributed by atoms with van der Waals surface area (Å²) in [4.78, 5) is 19.2. The Kier molecular flexibility index (Phi) is 9.13. The lowest BCUT2D eigenvalue weighted by Crippen LogP contribution is -2.38. The molecule has 0 aliphatic carbocycles. The fourth-order valence-corrected chi connectivity index (χ4v) is 5.99. The van der Waals surface area contributed by atoms with Gasteiger partial charge in [0.2, 0.25) is 15.0 Å². The fourth-order valence-electron chi connectivity index (χ4n) is 4.49. The van der Waals surface area contributed by atoms with Gasteiger partial charge in [0.1, 0.15) is 11.6 Å². The second-order valence-corrected chi connectivity index (χ2v) is 11.0. The maximum Gasteiger partial charge on any atom is 0.257 e. The number of methoxy groups -OCH3 is 2. The van der Waals surface area contributed by atoms with Gasteiger partial charge < -0.3 is 23.7 Å². The van der Waals surface area contributed by atoms with E-state index < -0.39 is 21.6 Å². The predicted octanol–water partition coefficient (Wildman–Crippen LogP) is 3.47. The lowest BCUT2D eigenvalue weighted by molar-refractivity contribution is 0.0497. The predicted molar refractivity (Wildman–Crippen MR) is 138 cm³/mol. The smallest absolute Gasteiger partial charge is 0.257 e. The quantitative estimate of drug-likeness (QED) is 0.344. The molecule has 9 nitrogen and oxygen atoms in total. The Hall–Kier alpha value is -3.28. The third kappa shape index (κ3) is 6.58. The summed E-state index contributed by atoms with van der Waals surface area (Å²) >= 11 is 0. The van der Waals surface area contributed by atoms with Gasteiger partial charge in [0.25, 0.3) is 5.91 Å². The number of ether oxygens (including phenoxy) is 3. The molecule has 0 N–H and O–H groups in total. The number of aromatic nitrogens is 2. The summed E-state index contributed by atoms with van der Waals surface area (Å²) in [5.74, 6) is -0.845. The lowest BCUT2D eigenvalue weighted by Gasteiger charge is -2.26. The molecular formula is C27H32FN3O6S. The highest BCUT2D eigenvalue weighted by Crippen LogP contribution is 2.23. The van der Waals surface area contributed by atoms with Gasteiger partial charge >= 0.3 is 0 Å². The van der Waals surface area contributed by atoms with Crippen molar-refractivity contribution < 1.29 is 31.8 Å². The van der Waals surface area contributed by atoms with E-state index in [2.05, 4.69) is 4.98 Å². The molecule has 204 valence electrons. The summed E-state index contributed by atoms with van der Waals surface area (Å²) in [5, 5.41) is -0.122. The van der Waals surface area contributed by atoms with Gasteiger partial charge in [-0.15, -0.1) is 0 Å². The van der Waals surface area contributed by atoms with E-state index in [4.69, 9.17) is 14.2 Å². The highest BCUT2D eigenvalue weighted by atomic mass is 32.2. The zero-order valence-electron chi connectivity index (χ0n) is 21.5. The largest absolute Gasteiger partial charge is 0.497 e. The molecule has 11 heteroatoms. The topological polar surface area (TPSA) is 100.0 Å². The molecule has 0 unspecified atom stereocenters. The Bertz CT molecular complexity index is 1350. The molecule has 1 amide bonds. The van der Waals surface area contributed by atoms with Crippen LogP contribution in [0.15, 0.2) is 59.9 Å². The highest BCUT2D eigenvalue weighted by molar-refractivity contribution is 7.90. The minimum Gasteiger partial charge on any atom is -0.497 e. The maximum atomic E-state index is 14.5. The van der Waals surface area contributed by atoms with E-state index >= 15 is 0 Å². The molecule has 4 rings (SSSR count). The van der Waals surface area contributed by atoms with Gasteiger partial charge in [0, 0.05) is 26.8 Å². The second kappa shape index (κ2) is 12.5. The van der Waals surface area contributed by atoms with Crippen molar-refractivity contribution in [2.45, 2.75) is 42.9 Å². The Balaban J connectivity index is 1.66. The van der Waals surface area contributed by atoms with Gasteiger partial charge in [-0.3, -0.25) is 4.79 Å². The second-order valence-electron chi connectivity index (χ2n) is 9.09. The van der Waals surface area contributed by atoms with Crippen LogP contribution in [0.3, 0.4) is 0 Å². The Morgan fingerprint density at radius 1 is 1.21 bits per heavy atom. The van der Waals surface area contributed by atoms with E-state index in [1.807, 2.05) is 0 Å². The Morgan fingerprint density at radius 3 is 2.74 bits per heavy atom. The number of amides is 1. The first-order valence-corrected chi connectivity index (χ1v) is 14.0. The van der Waals surface area contributed by atoms with Gasteiger partial charge in [0.15, 0.2) is 0 Å². The molecule has 38 heavy (non-hydrogen) atoms. The molecule has 1 aliphatic rings. The van der Waals surface area contributed by atoms with Crippen LogP contribution in [0, 0.1) is 5.82 Å². The molecule has 2 heterocycles. The number of carbonyl (C=O) groups excluding carboxylic acids is 1. The van der Waals surface area contributed by atoms with E-state index in [0.29, 0.717) is 23.6 Å². The van der Waals surface area contributed by atoms with Crippen molar-refractivity contribution in [2.75, 3.05) is 34.0 Å². The van der Waals surface area contributed by atoms with Gasteiger partial charge in [-0.2, -0.15) is 0 Å². The van der Waals surface area contributed by atoms with Crippen LogP contribution >= 0.6 is 0 Å². The van der Waals surface area contributed by atoms with E-state index in [9.17, 15) is 17.6 Å². The number of carbonyl (C=O) groups is 1. The monoisotopic (exact) mass is 545 g/mol. The lowest BCUT2D eigenvalue weighted by atomic mass is 10.1. The van der Waals surface area contributed by atoms with Crippen molar-refractivity contribution >= 4 is 15.7 Å². The minimum absolute atomic E-state index is 0.0262. The van der Waals surface area contributed by atoms with Gasteiger partial charge in [-0.05, 0) is 42.7 Å². The first-order chi connectivity index (χ1) is 18.3. The van der Waals surface area contributed by atoms with Crippen LogP contribution in [-0.2, 0) is 38.2 Å². The number of nitrogens with zero attached hydrogens (tertiary/aromatic N) is 3. The molecule has 1 aliphatic heterocycles. The van der Waals surface area contributed by atoms with Crippen molar-refractivity contribution in [2.24, 2.45) is 0 Å². The molecule has 2 aromatic carbocycles. The molecule has 0 spiro atoms. The number of sulfone groups is 1. The fraction of sp³-hybridized carbons (Fsp3) is 0.407. The van der Waals surface area contributed by atoms with Crippen LogP contribution in [0.4, 0.5) is 4.39 Å². The van der Waals surface area contributed by atoms with Gasteiger partial charge in [0.05, 0.1) is 49.6 Å². The standard InChI is InChI=1S/C27H32FN3O6S/c1-35-14-12-31-21(16-29-27(31)38(33,34)19-20-7-5-8-22(15-20)36-2)17-30(18-23-9-6-13-37-23)26(32)24-10-3-4-11-25(24)28/h3-5,7-8,10-11,15-16,23H,6,9,12-14,17-19H2,1-2H3/t23-/m1/s1. The average Bonchev–Trinajstić information content (AvgIpc) is 3.57. The van der Waals surface area contributed by atoms with E-state index in [1.165, 1.54) is 43.5 Å². The molecule has 1 saturated heterocycles. The zero-order valence-corrected chi connectivity index (χ0v) is 22.3. The normalized spacial score (nSPS) is 15.5. The molecule has 1 atom stereocenters. The van der Waals surface area contributed by atoms with E-state index in [0.717, 1.165) is 12.8 Å². The first-order valence-electron chi connectivity index (χ1n) is 12.4. The van der Waals surface area contributed by atoms with E-state index in [1.54, 1.807) is 34.9 Å². The number of halogens is 1. The minimum atomic E-state index is -3.86. The van der Waals surface area contributed by atoms with Crippen molar-refractivity contribution in [3.8, 4) is 5.75 Å². The molecule has 1 aromatic heterocycles. The van der Waals surface area contributed by atoms with Crippen LogP contribution in [0.5, 0.6) is 5.75 Å². The van der Waals surface area contributed by atoms with Crippen LogP contribution < -0.4 is 4.74 Å². The van der Waals surface area contributed by atoms with E-state index in [-0.39, 0.29) is 48.8 Å². The number of imidazole rings is 1. The molecular weight excluding hydrogens is 513 g/mol. The van der Waals surface area contributed by atoms with Crippen LogP contribution in [0.25, 0.3) is 0 Å². The number of benzene rings is 2. The summed E-state index contributed by atoms with van der Waals surface area (Å²) in [6.45, 7) is 1.32. The number of hydrogen-bond donors (Lipinski definition) is 0. The summed E-state index contributed by atoms with van der Waals surface area (Å²) in [7, 11) is -0.827. The van der Waals surface area contributed by atoms with Crippen LogP contribution in [-0.4, -0.2) is 68.9 Å². The zero-order chi connectivity index (χ0) is 27.1. The van der Waals surface area contributed by atoms with Crippen LogP contribution in [0.1, 0.15) is 34.5 Å². The van der Waals surface area contributed by atoms with Gasteiger partial charge in [-0.1, -0.05) is 24.3 Å². The highest BCUT2D eigenvalue weighted by Gasteiger charge is 2.29. The summed E-state index contributed by atoms with van der Waals surface area (Å²) in [6, 6.07) is 12.6. The molecule has 0 saturated carbocycles. The molecule has 0 bridgehead atoms. The molecule has 3 aromatic rings. The summed E-state index contributed by atoms with van der Waals surface area (Å²) in [5.41, 5.74) is 0.996. The van der Waals surface area contributed by atoms with Crippen molar-refractivity contribution in [3.63, 3.8) is 0 Å². The van der Waals surface area contributed by atoms with Gasteiger partial charge in [-0.25, -0.2) is 17.8 Å². The Morgan fingerprint density at radius 2 is 2.03 bits per heavy atom. The third-order valence-electron chi connectivity index (χ3n) is 6.38. The Labute approximate surface area is 222 Å².